The second kappa shape index (κ2) is 4.84. The molecule has 3 aliphatic carbocycles. The lowest BCUT2D eigenvalue weighted by atomic mass is 9.61. The van der Waals surface area contributed by atoms with Gasteiger partial charge in [-0.2, -0.15) is 0 Å². The van der Waals surface area contributed by atoms with Crippen molar-refractivity contribution in [3.8, 4) is 0 Å². The summed E-state index contributed by atoms with van der Waals surface area (Å²) in [4.78, 5) is 12.6. The van der Waals surface area contributed by atoms with Gasteiger partial charge in [0.2, 0.25) is 0 Å². The van der Waals surface area contributed by atoms with E-state index in [0.717, 1.165) is 12.8 Å². The third kappa shape index (κ3) is 2.11. The van der Waals surface area contributed by atoms with Gasteiger partial charge in [0.15, 0.2) is 0 Å². The van der Waals surface area contributed by atoms with Crippen molar-refractivity contribution in [3.05, 3.63) is 58.7 Å². The highest BCUT2D eigenvalue weighted by atomic mass is 16.1. The van der Waals surface area contributed by atoms with Crippen molar-refractivity contribution in [2.24, 2.45) is 5.92 Å². The van der Waals surface area contributed by atoms with Crippen LogP contribution >= 0.6 is 0 Å². The SMILES string of the molecule is CC(C)(C)c1cccc2cc3c(cc12)C1(CC(=O)C3)CC2=CCC1C2. The number of hydrogen-bond donors (Lipinski definition) is 0. The van der Waals surface area contributed by atoms with Gasteiger partial charge in [-0.3, -0.25) is 4.79 Å². The molecule has 2 aromatic carbocycles. The van der Waals surface area contributed by atoms with Gasteiger partial charge in [-0.1, -0.05) is 56.7 Å². The van der Waals surface area contributed by atoms with Crippen LogP contribution in [0.4, 0.5) is 0 Å². The lowest BCUT2D eigenvalue weighted by molar-refractivity contribution is -0.120. The smallest absolute Gasteiger partial charge is 0.138 e. The van der Waals surface area contributed by atoms with Gasteiger partial charge in [-0.25, -0.2) is 0 Å². The zero-order chi connectivity index (χ0) is 17.4. The van der Waals surface area contributed by atoms with Gasteiger partial charge in [0.1, 0.15) is 5.78 Å². The zero-order valence-corrected chi connectivity index (χ0v) is 15.5. The Morgan fingerprint density at radius 2 is 1.96 bits per heavy atom. The summed E-state index contributed by atoms with van der Waals surface area (Å²) in [7, 11) is 0. The molecule has 2 unspecified atom stereocenters. The van der Waals surface area contributed by atoms with E-state index in [2.05, 4.69) is 57.2 Å². The highest BCUT2D eigenvalue weighted by Gasteiger charge is 2.51. The van der Waals surface area contributed by atoms with Crippen molar-refractivity contribution in [3.63, 3.8) is 0 Å². The van der Waals surface area contributed by atoms with E-state index in [9.17, 15) is 4.79 Å². The van der Waals surface area contributed by atoms with Crippen molar-refractivity contribution in [2.45, 2.75) is 63.7 Å². The van der Waals surface area contributed by atoms with E-state index in [-0.39, 0.29) is 10.8 Å². The molecule has 1 spiro atoms. The molecule has 0 heterocycles. The maximum atomic E-state index is 12.6. The average Bonchev–Trinajstić information content (AvgIpc) is 3.13. The topological polar surface area (TPSA) is 17.1 Å². The largest absolute Gasteiger partial charge is 0.299 e. The number of benzene rings is 2. The lowest BCUT2D eigenvalue weighted by Crippen LogP contribution is -2.39. The van der Waals surface area contributed by atoms with E-state index in [1.807, 2.05) is 0 Å². The van der Waals surface area contributed by atoms with Crippen LogP contribution < -0.4 is 0 Å². The molecular weight excluding hydrogens is 304 g/mol. The summed E-state index contributed by atoms with van der Waals surface area (Å²) in [5.74, 6) is 1.08. The first-order valence-corrected chi connectivity index (χ1v) is 9.63. The van der Waals surface area contributed by atoms with Crippen molar-refractivity contribution >= 4 is 16.6 Å². The van der Waals surface area contributed by atoms with Gasteiger partial charge in [0.05, 0.1) is 0 Å². The molecule has 25 heavy (non-hydrogen) atoms. The zero-order valence-electron chi connectivity index (χ0n) is 15.5. The minimum absolute atomic E-state index is 0.0912. The Kier molecular flexibility index (Phi) is 2.98. The summed E-state index contributed by atoms with van der Waals surface area (Å²) >= 11 is 0. The third-order valence-corrected chi connectivity index (χ3v) is 6.87. The fraction of sp³-hybridized carbons (Fsp3) is 0.458. The fourth-order valence-corrected chi connectivity index (χ4v) is 5.79. The van der Waals surface area contributed by atoms with Gasteiger partial charge >= 0.3 is 0 Å². The number of ketones is 1. The van der Waals surface area contributed by atoms with E-state index >= 15 is 0 Å². The Hall–Kier alpha value is -1.89. The van der Waals surface area contributed by atoms with Crippen LogP contribution in [0.25, 0.3) is 10.8 Å². The molecule has 0 N–H and O–H groups in total. The second-order valence-electron chi connectivity index (χ2n) is 9.51. The predicted molar refractivity (Wildman–Crippen MR) is 103 cm³/mol. The summed E-state index contributed by atoms with van der Waals surface area (Å²) in [6.07, 6.45) is 7.30. The summed E-state index contributed by atoms with van der Waals surface area (Å²) in [6.45, 7) is 6.88. The number of hydrogen-bond acceptors (Lipinski definition) is 1. The standard InChI is InChI=1S/C24H26O/c1-23(2,3)21-6-4-5-16-10-17-11-19(25)14-24(22(17)12-20(16)21)13-15-7-8-18(24)9-15/h4-7,10,12,18H,8-9,11,13-14H2,1-3H3. The molecule has 1 nitrogen and oxygen atoms in total. The molecule has 128 valence electrons. The monoisotopic (exact) mass is 330 g/mol. The first-order valence-electron chi connectivity index (χ1n) is 9.63. The van der Waals surface area contributed by atoms with E-state index in [0.29, 0.717) is 18.1 Å². The van der Waals surface area contributed by atoms with Crippen LogP contribution in [0.15, 0.2) is 42.0 Å². The molecule has 2 aromatic rings. The van der Waals surface area contributed by atoms with Crippen molar-refractivity contribution in [1.82, 2.24) is 0 Å². The maximum Gasteiger partial charge on any atom is 0.138 e. The number of Topliss-reactive ketones (excluding diaryl/α,β-unsaturated/α-hetero) is 1. The number of carbonyl (C=O) groups excluding carboxylic acids is 1. The van der Waals surface area contributed by atoms with Gasteiger partial charge < -0.3 is 0 Å². The highest BCUT2D eigenvalue weighted by Crippen LogP contribution is 2.58. The summed E-state index contributed by atoms with van der Waals surface area (Å²) in [5.41, 5.74) is 6.01. The van der Waals surface area contributed by atoms with E-state index < -0.39 is 0 Å². The molecule has 2 bridgehead atoms. The maximum absolute atomic E-state index is 12.6. The molecule has 0 radical (unpaired) electrons. The molecule has 0 amide bonds. The van der Waals surface area contributed by atoms with Crippen LogP contribution in [0.5, 0.6) is 0 Å². The lowest BCUT2D eigenvalue weighted by Gasteiger charge is -2.41. The molecular formula is C24H26O. The summed E-state index contributed by atoms with van der Waals surface area (Å²) in [5, 5.41) is 2.68. The quantitative estimate of drug-likeness (QED) is 0.572. The van der Waals surface area contributed by atoms with E-state index in [1.54, 1.807) is 5.57 Å². The number of rotatable bonds is 0. The van der Waals surface area contributed by atoms with Crippen LogP contribution in [0.2, 0.25) is 0 Å². The number of carbonyl (C=O) groups is 1. The molecule has 5 rings (SSSR count). The molecule has 1 heteroatoms. The van der Waals surface area contributed by atoms with Crippen LogP contribution in [-0.4, -0.2) is 5.78 Å². The van der Waals surface area contributed by atoms with Crippen molar-refractivity contribution in [2.75, 3.05) is 0 Å². The minimum Gasteiger partial charge on any atom is -0.299 e. The molecule has 0 aromatic heterocycles. The molecule has 3 aliphatic rings. The Bertz CT molecular complexity index is 940. The molecule has 1 saturated carbocycles. The van der Waals surface area contributed by atoms with Crippen molar-refractivity contribution < 1.29 is 4.79 Å². The Morgan fingerprint density at radius 1 is 1.12 bits per heavy atom. The van der Waals surface area contributed by atoms with Gasteiger partial charge in [0.25, 0.3) is 0 Å². The third-order valence-electron chi connectivity index (χ3n) is 6.87. The second-order valence-corrected chi connectivity index (χ2v) is 9.51. The molecule has 0 aliphatic heterocycles. The summed E-state index contributed by atoms with van der Waals surface area (Å²) in [6, 6.07) is 11.4. The normalized spacial score (nSPS) is 27.9. The molecule has 2 atom stereocenters. The average molecular weight is 330 g/mol. The van der Waals surface area contributed by atoms with Crippen LogP contribution in [-0.2, 0) is 22.0 Å². The Balaban J connectivity index is 1.80. The predicted octanol–water partition coefficient (Wildman–Crippen LogP) is 5.63. The van der Waals surface area contributed by atoms with Crippen LogP contribution in [0.3, 0.4) is 0 Å². The molecule has 0 saturated heterocycles. The number of allylic oxidation sites excluding steroid dienone is 2. The van der Waals surface area contributed by atoms with E-state index in [1.165, 1.54) is 40.3 Å². The minimum atomic E-state index is 0.0912. The van der Waals surface area contributed by atoms with Gasteiger partial charge in [-0.05, 0) is 64.1 Å². The van der Waals surface area contributed by atoms with Crippen LogP contribution in [0.1, 0.15) is 63.1 Å². The first kappa shape index (κ1) is 15.4. The van der Waals surface area contributed by atoms with E-state index in [4.69, 9.17) is 0 Å². The Morgan fingerprint density at radius 3 is 2.64 bits per heavy atom. The summed E-state index contributed by atoms with van der Waals surface area (Å²) < 4.78 is 0. The van der Waals surface area contributed by atoms with Crippen molar-refractivity contribution in [1.29, 1.82) is 0 Å². The Labute approximate surface area is 150 Å². The van der Waals surface area contributed by atoms with Gasteiger partial charge in [-0.15, -0.1) is 0 Å². The fourth-order valence-electron chi connectivity index (χ4n) is 5.79. The number of fused-ring (bicyclic) bond motifs is 6. The highest BCUT2D eigenvalue weighted by molar-refractivity contribution is 5.92. The van der Waals surface area contributed by atoms with Crippen LogP contribution in [0, 0.1) is 5.92 Å². The molecule has 1 fully saturated rings. The first-order chi connectivity index (χ1) is 11.9. The van der Waals surface area contributed by atoms with Gasteiger partial charge in [0, 0.05) is 18.3 Å².